The zero-order valence-corrected chi connectivity index (χ0v) is 10.9. The van der Waals surface area contributed by atoms with Gasteiger partial charge in [0.05, 0.1) is 0 Å². The Kier molecular flexibility index (Phi) is 3.14. The second-order valence-corrected chi connectivity index (χ2v) is 6.69. The molecule has 2 aliphatic carbocycles. The van der Waals surface area contributed by atoms with E-state index in [1.54, 1.807) is 0 Å². The van der Waals surface area contributed by atoms with Crippen LogP contribution in [-0.4, -0.2) is 0 Å². The van der Waals surface area contributed by atoms with Crippen LogP contribution in [0.25, 0.3) is 0 Å². The van der Waals surface area contributed by atoms with Gasteiger partial charge in [0.15, 0.2) is 0 Å². The van der Waals surface area contributed by atoms with Crippen molar-refractivity contribution in [1.82, 2.24) is 0 Å². The Labute approximate surface area is 95.8 Å². The SMILES string of the molecule is CC1CCCCC1(C)C1(C)CCCCC1. The Morgan fingerprint density at radius 3 is 2.00 bits per heavy atom. The Bertz CT molecular complexity index is 212. The number of rotatable bonds is 1. The van der Waals surface area contributed by atoms with Gasteiger partial charge in [-0.1, -0.05) is 59.3 Å². The van der Waals surface area contributed by atoms with Gasteiger partial charge in [-0.05, 0) is 36.0 Å². The van der Waals surface area contributed by atoms with Crippen molar-refractivity contribution in [3.05, 3.63) is 0 Å². The van der Waals surface area contributed by atoms with Gasteiger partial charge in [0.1, 0.15) is 0 Å². The average Bonchev–Trinajstić information content (AvgIpc) is 2.23. The summed E-state index contributed by atoms with van der Waals surface area (Å²) in [6, 6.07) is 0. The van der Waals surface area contributed by atoms with E-state index in [2.05, 4.69) is 20.8 Å². The lowest BCUT2D eigenvalue weighted by molar-refractivity contribution is -0.0449. The molecule has 2 unspecified atom stereocenters. The molecule has 15 heavy (non-hydrogen) atoms. The molecule has 88 valence electrons. The average molecular weight is 208 g/mol. The number of hydrogen-bond acceptors (Lipinski definition) is 0. The molecule has 2 aliphatic rings. The van der Waals surface area contributed by atoms with Gasteiger partial charge in [-0.15, -0.1) is 0 Å². The van der Waals surface area contributed by atoms with Crippen molar-refractivity contribution in [2.24, 2.45) is 16.7 Å². The molecular formula is C15H28. The summed E-state index contributed by atoms with van der Waals surface area (Å²) in [6.07, 6.45) is 13.4. The lowest BCUT2D eigenvalue weighted by Gasteiger charge is -2.54. The minimum atomic E-state index is 0.645. The molecule has 2 rings (SSSR count). The maximum absolute atomic E-state index is 2.60. The van der Waals surface area contributed by atoms with Crippen molar-refractivity contribution in [2.75, 3.05) is 0 Å². The molecule has 0 saturated heterocycles. The van der Waals surface area contributed by atoms with Crippen molar-refractivity contribution >= 4 is 0 Å². The van der Waals surface area contributed by atoms with Gasteiger partial charge in [0.2, 0.25) is 0 Å². The van der Waals surface area contributed by atoms with E-state index in [4.69, 9.17) is 0 Å². The number of hydrogen-bond donors (Lipinski definition) is 0. The molecule has 2 saturated carbocycles. The molecule has 0 aromatic rings. The smallest absolute Gasteiger partial charge is 0.0246 e. The summed E-state index contributed by atoms with van der Waals surface area (Å²) in [4.78, 5) is 0. The first kappa shape index (κ1) is 11.5. The summed E-state index contributed by atoms with van der Waals surface area (Å²) in [5.41, 5.74) is 1.30. The third kappa shape index (κ3) is 1.85. The molecule has 0 amide bonds. The highest BCUT2D eigenvalue weighted by Gasteiger charge is 2.48. The van der Waals surface area contributed by atoms with Crippen molar-refractivity contribution in [3.8, 4) is 0 Å². The van der Waals surface area contributed by atoms with Crippen molar-refractivity contribution in [3.63, 3.8) is 0 Å². The summed E-state index contributed by atoms with van der Waals surface area (Å²) in [7, 11) is 0. The zero-order chi connectivity index (χ0) is 10.9. The normalized spacial score (nSPS) is 41.4. The molecular weight excluding hydrogens is 180 g/mol. The summed E-state index contributed by atoms with van der Waals surface area (Å²) in [5.74, 6) is 0.953. The monoisotopic (exact) mass is 208 g/mol. The molecule has 0 aromatic carbocycles. The predicted molar refractivity (Wildman–Crippen MR) is 66.9 cm³/mol. The van der Waals surface area contributed by atoms with Crippen LogP contribution in [0.1, 0.15) is 78.6 Å². The van der Waals surface area contributed by atoms with E-state index in [1.807, 2.05) is 0 Å². The van der Waals surface area contributed by atoms with Gasteiger partial charge in [0, 0.05) is 0 Å². The maximum Gasteiger partial charge on any atom is -0.0246 e. The van der Waals surface area contributed by atoms with E-state index in [-0.39, 0.29) is 0 Å². The maximum atomic E-state index is 2.60. The fraction of sp³-hybridized carbons (Fsp3) is 1.00. The minimum Gasteiger partial charge on any atom is -0.0620 e. The highest BCUT2D eigenvalue weighted by atomic mass is 14.5. The van der Waals surface area contributed by atoms with Crippen LogP contribution in [0, 0.1) is 16.7 Å². The highest BCUT2D eigenvalue weighted by Crippen LogP contribution is 2.58. The molecule has 0 heterocycles. The van der Waals surface area contributed by atoms with E-state index in [1.165, 1.54) is 57.8 Å². The van der Waals surface area contributed by atoms with Crippen LogP contribution in [0.2, 0.25) is 0 Å². The molecule has 0 aromatic heterocycles. The first-order valence-electron chi connectivity index (χ1n) is 7.08. The van der Waals surface area contributed by atoms with Crippen LogP contribution < -0.4 is 0 Å². The summed E-state index contributed by atoms with van der Waals surface area (Å²) < 4.78 is 0. The summed E-state index contributed by atoms with van der Waals surface area (Å²) >= 11 is 0. The van der Waals surface area contributed by atoms with Gasteiger partial charge < -0.3 is 0 Å². The van der Waals surface area contributed by atoms with Crippen LogP contribution in [0.4, 0.5) is 0 Å². The van der Waals surface area contributed by atoms with E-state index in [9.17, 15) is 0 Å². The first-order chi connectivity index (χ1) is 7.08. The van der Waals surface area contributed by atoms with E-state index in [0.29, 0.717) is 10.8 Å². The summed E-state index contributed by atoms with van der Waals surface area (Å²) in [5, 5.41) is 0. The van der Waals surface area contributed by atoms with E-state index in [0.717, 1.165) is 5.92 Å². The molecule has 0 heteroatoms. The van der Waals surface area contributed by atoms with Crippen LogP contribution in [-0.2, 0) is 0 Å². The molecule has 0 bridgehead atoms. The van der Waals surface area contributed by atoms with Gasteiger partial charge in [-0.3, -0.25) is 0 Å². The van der Waals surface area contributed by atoms with Crippen LogP contribution in [0.15, 0.2) is 0 Å². The van der Waals surface area contributed by atoms with Crippen LogP contribution in [0.3, 0.4) is 0 Å². The predicted octanol–water partition coefficient (Wildman–Crippen LogP) is 5.17. The molecule has 0 nitrogen and oxygen atoms in total. The van der Waals surface area contributed by atoms with Gasteiger partial charge >= 0.3 is 0 Å². The fourth-order valence-corrected chi connectivity index (χ4v) is 4.31. The second-order valence-electron chi connectivity index (χ2n) is 6.69. The van der Waals surface area contributed by atoms with E-state index < -0.39 is 0 Å². The quantitative estimate of drug-likeness (QED) is 0.557. The van der Waals surface area contributed by atoms with Crippen molar-refractivity contribution in [2.45, 2.75) is 78.6 Å². The third-order valence-electron chi connectivity index (χ3n) is 6.01. The third-order valence-corrected chi connectivity index (χ3v) is 6.01. The lowest BCUT2D eigenvalue weighted by atomic mass is 9.50. The molecule has 0 aliphatic heterocycles. The second kappa shape index (κ2) is 4.11. The van der Waals surface area contributed by atoms with Crippen molar-refractivity contribution < 1.29 is 0 Å². The van der Waals surface area contributed by atoms with Crippen LogP contribution in [0.5, 0.6) is 0 Å². The molecule has 2 fully saturated rings. The molecule has 0 radical (unpaired) electrons. The van der Waals surface area contributed by atoms with Crippen LogP contribution >= 0.6 is 0 Å². The Hall–Kier alpha value is 0. The molecule has 0 N–H and O–H groups in total. The highest BCUT2D eigenvalue weighted by molar-refractivity contribution is 4.98. The standard InChI is InChI=1S/C15H28/c1-13-9-5-8-12-15(13,3)14(2)10-6-4-7-11-14/h13H,4-12H2,1-3H3. The molecule has 0 spiro atoms. The van der Waals surface area contributed by atoms with Gasteiger partial charge in [-0.25, -0.2) is 0 Å². The topological polar surface area (TPSA) is 0 Å². The van der Waals surface area contributed by atoms with Gasteiger partial charge in [-0.2, -0.15) is 0 Å². The Morgan fingerprint density at radius 2 is 1.40 bits per heavy atom. The zero-order valence-electron chi connectivity index (χ0n) is 10.9. The largest absolute Gasteiger partial charge is 0.0620 e. The minimum absolute atomic E-state index is 0.645. The van der Waals surface area contributed by atoms with Crippen molar-refractivity contribution in [1.29, 1.82) is 0 Å². The Balaban J connectivity index is 2.17. The fourth-order valence-electron chi connectivity index (χ4n) is 4.31. The van der Waals surface area contributed by atoms with Gasteiger partial charge in [0.25, 0.3) is 0 Å². The first-order valence-corrected chi connectivity index (χ1v) is 7.08. The molecule has 2 atom stereocenters. The Morgan fingerprint density at radius 1 is 0.800 bits per heavy atom. The lowest BCUT2D eigenvalue weighted by Crippen LogP contribution is -2.45. The summed E-state index contributed by atoms with van der Waals surface area (Å²) in [6.45, 7) is 7.70. The van der Waals surface area contributed by atoms with E-state index >= 15 is 0 Å².